The molecule has 2 aromatic rings. The first kappa shape index (κ1) is 13.5. The number of amides is 1. The van der Waals surface area contributed by atoms with Crippen molar-refractivity contribution >= 4 is 46.2 Å². The lowest BCUT2D eigenvalue weighted by Crippen LogP contribution is -2.14. The van der Waals surface area contributed by atoms with Crippen molar-refractivity contribution in [1.82, 2.24) is 0 Å². The van der Waals surface area contributed by atoms with Crippen LogP contribution in [-0.4, -0.2) is 5.91 Å². The molecule has 6 heteroatoms. The predicted molar refractivity (Wildman–Crippen MR) is 79.7 cm³/mol. The van der Waals surface area contributed by atoms with Crippen molar-refractivity contribution in [3.05, 3.63) is 52.0 Å². The Morgan fingerprint density at radius 2 is 1.68 bits per heavy atom. The molecule has 19 heavy (non-hydrogen) atoms. The van der Waals surface area contributed by atoms with Gasteiger partial charge in [-0.3, -0.25) is 4.79 Å². The number of hydrogen-bond acceptors (Lipinski definition) is 3. The zero-order valence-corrected chi connectivity index (χ0v) is 11.3. The summed E-state index contributed by atoms with van der Waals surface area (Å²) in [5.41, 5.74) is 12.8. The highest BCUT2D eigenvalue weighted by molar-refractivity contribution is 6.40. The van der Waals surface area contributed by atoms with Crippen LogP contribution in [0.1, 0.15) is 10.4 Å². The lowest BCUT2D eigenvalue weighted by atomic mass is 10.1. The van der Waals surface area contributed by atoms with Gasteiger partial charge >= 0.3 is 0 Å². The second-order valence-corrected chi connectivity index (χ2v) is 4.71. The number of carbonyl (C=O) groups is 1. The van der Waals surface area contributed by atoms with Gasteiger partial charge in [0.1, 0.15) is 0 Å². The van der Waals surface area contributed by atoms with Gasteiger partial charge in [0.15, 0.2) is 0 Å². The molecule has 0 aliphatic rings. The van der Waals surface area contributed by atoms with Crippen molar-refractivity contribution in [2.75, 3.05) is 16.8 Å². The van der Waals surface area contributed by atoms with Crippen molar-refractivity contribution in [1.29, 1.82) is 0 Å². The standard InChI is InChI=1S/C13H11Cl2N3O/c14-9-2-1-3-10(15)12(9)18-13(19)8-5-4-7(16)6-11(8)17/h1-6H,16-17H2,(H,18,19). The van der Waals surface area contributed by atoms with Crippen LogP contribution >= 0.6 is 23.2 Å². The molecule has 5 N–H and O–H groups in total. The maximum Gasteiger partial charge on any atom is 0.257 e. The molecule has 0 saturated carbocycles. The fourth-order valence-electron chi connectivity index (χ4n) is 1.59. The van der Waals surface area contributed by atoms with E-state index in [0.717, 1.165) is 0 Å². The van der Waals surface area contributed by atoms with Gasteiger partial charge in [-0.1, -0.05) is 29.3 Å². The number of nitrogens with two attached hydrogens (primary N) is 2. The van der Waals surface area contributed by atoms with E-state index < -0.39 is 5.91 Å². The minimum Gasteiger partial charge on any atom is -0.399 e. The molecule has 0 radical (unpaired) electrons. The van der Waals surface area contributed by atoms with Crippen LogP contribution in [0.2, 0.25) is 10.0 Å². The summed E-state index contributed by atoms with van der Waals surface area (Å²) in [6.45, 7) is 0. The third kappa shape index (κ3) is 2.92. The SMILES string of the molecule is Nc1ccc(C(=O)Nc2c(Cl)cccc2Cl)c(N)c1. The number of rotatable bonds is 2. The first-order chi connectivity index (χ1) is 8.99. The summed E-state index contributed by atoms with van der Waals surface area (Å²) in [5, 5.41) is 3.34. The normalized spacial score (nSPS) is 10.2. The third-order valence-corrected chi connectivity index (χ3v) is 3.15. The lowest BCUT2D eigenvalue weighted by Gasteiger charge is -2.10. The zero-order chi connectivity index (χ0) is 14.0. The molecular formula is C13H11Cl2N3O. The van der Waals surface area contributed by atoms with Crippen LogP contribution in [0.3, 0.4) is 0 Å². The van der Waals surface area contributed by atoms with Crippen molar-refractivity contribution in [3.63, 3.8) is 0 Å². The second-order valence-electron chi connectivity index (χ2n) is 3.90. The molecule has 0 aliphatic heterocycles. The molecule has 2 rings (SSSR count). The molecular weight excluding hydrogens is 285 g/mol. The zero-order valence-electron chi connectivity index (χ0n) is 9.78. The smallest absolute Gasteiger partial charge is 0.257 e. The number of nitrogen functional groups attached to an aromatic ring is 2. The Morgan fingerprint density at radius 3 is 2.26 bits per heavy atom. The van der Waals surface area contributed by atoms with Crippen molar-refractivity contribution in [2.45, 2.75) is 0 Å². The van der Waals surface area contributed by atoms with E-state index in [4.69, 9.17) is 34.7 Å². The highest BCUT2D eigenvalue weighted by Crippen LogP contribution is 2.30. The monoisotopic (exact) mass is 295 g/mol. The van der Waals surface area contributed by atoms with Gasteiger partial charge in [0, 0.05) is 11.4 Å². The molecule has 0 bridgehead atoms. The Balaban J connectivity index is 2.31. The molecule has 0 aromatic heterocycles. The van der Waals surface area contributed by atoms with E-state index in [2.05, 4.69) is 5.32 Å². The molecule has 0 spiro atoms. The van der Waals surface area contributed by atoms with Crippen molar-refractivity contribution in [2.24, 2.45) is 0 Å². The van der Waals surface area contributed by atoms with Gasteiger partial charge < -0.3 is 16.8 Å². The fourth-order valence-corrected chi connectivity index (χ4v) is 2.08. The van der Waals surface area contributed by atoms with Gasteiger partial charge in [-0.15, -0.1) is 0 Å². The molecule has 0 atom stereocenters. The largest absolute Gasteiger partial charge is 0.399 e. The summed E-state index contributed by atoms with van der Waals surface area (Å²) < 4.78 is 0. The predicted octanol–water partition coefficient (Wildman–Crippen LogP) is 3.41. The van der Waals surface area contributed by atoms with Crippen LogP contribution in [-0.2, 0) is 0 Å². The molecule has 4 nitrogen and oxygen atoms in total. The van der Waals surface area contributed by atoms with E-state index in [1.165, 1.54) is 6.07 Å². The molecule has 0 aliphatic carbocycles. The van der Waals surface area contributed by atoms with Crippen molar-refractivity contribution in [3.8, 4) is 0 Å². The number of anilines is 3. The molecule has 0 fully saturated rings. The minimum absolute atomic E-state index is 0.292. The highest BCUT2D eigenvalue weighted by Gasteiger charge is 2.13. The van der Waals surface area contributed by atoms with E-state index in [9.17, 15) is 4.79 Å². The van der Waals surface area contributed by atoms with Gasteiger partial charge in [0.05, 0.1) is 21.3 Å². The highest BCUT2D eigenvalue weighted by atomic mass is 35.5. The Kier molecular flexibility index (Phi) is 3.83. The fraction of sp³-hybridized carbons (Fsp3) is 0. The van der Waals surface area contributed by atoms with Crippen LogP contribution < -0.4 is 16.8 Å². The molecule has 0 unspecified atom stereocenters. The molecule has 0 heterocycles. The van der Waals surface area contributed by atoms with E-state index in [1.54, 1.807) is 30.3 Å². The van der Waals surface area contributed by atoms with Crippen molar-refractivity contribution < 1.29 is 4.79 Å². The average Bonchev–Trinajstić information content (AvgIpc) is 2.33. The van der Waals surface area contributed by atoms with Crippen LogP contribution in [0.5, 0.6) is 0 Å². The first-order valence-electron chi connectivity index (χ1n) is 5.39. The lowest BCUT2D eigenvalue weighted by molar-refractivity contribution is 0.102. The van der Waals surface area contributed by atoms with Crippen LogP contribution in [0.15, 0.2) is 36.4 Å². The summed E-state index contributed by atoms with van der Waals surface area (Å²) in [4.78, 5) is 12.1. The maximum absolute atomic E-state index is 12.1. The van der Waals surface area contributed by atoms with Gasteiger partial charge in [0.25, 0.3) is 5.91 Å². The summed E-state index contributed by atoms with van der Waals surface area (Å²) in [5.74, 6) is -0.396. The number of para-hydroxylation sites is 1. The molecule has 0 saturated heterocycles. The topological polar surface area (TPSA) is 81.1 Å². The van der Waals surface area contributed by atoms with Crippen LogP contribution in [0.4, 0.5) is 17.1 Å². The number of halogens is 2. The number of hydrogen-bond donors (Lipinski definition) is 3. The summed E-state index contributed by atoms with van der Waals surface area (Å²) in [6, 6.07) is 9.62. The summed E-state index contributed by atoms with van der Waals surface area (Å²) >= 11 is 12.0. The van der Waals surface area contributed by atoms with Crippen LogP contribution in [0.25, 0.3) is 0 Å². The Bertz CT molecular complexity index is 624. The Hall–Kier alpha value is -1.91. The summed E-state index contributed by atoms with van der Waals surface area (Å²) in [6.07, 6.45) is 0. The van der Waals surface area contributed by atoms with E-state index >= 15 is 0 Å². The minimum atomic E-state index is -0.396. The number of benzene rings is 2. The average molecular weight is 296 g/mol. The number of nitrogens with one attached hydrogen (secondary N) is 1. The van der Waals surface area contributed by atoms with E-state index in [1.807, 2.05) is 0 Å². The second kappa shape index (κ2) is 5.38. The first-order valence-corrected chi connectivity index (χ1v) is 6.15. The number of carbonyl (C=O) groups excluding carboxylic acids is 1. The molecule has 1 amide bonds. The Labute approximate surface area is 120 Å². The molecule has 98 valence electrons. The van der Waals surface area contributed by atoms with Crippen LogP contribution in [0, 0.1) is 0 Å². The van der Waals surface area contributed by atoms with Gasteiger partial charge in [0.2, 0.25) is 0 Å². The third-order valence-electron chi connectivity index (χ3n) is 2.52. The summed E-state index contributed by atoms with van der Waals surface area (Å²) in [7, 11) is 0. The van der Waals surface area contributed by atoms with E-state index in [-0.39, 0.29) is 0 Å². The Morgan fingerprint density at radius 1 is 1.05 bits per heavy atom. The van der Waals surface area contributed by atoms with Gasteiger partial charge in [-0.2, -0.15) is 0 Å². The quantitative estimate of drug-likeness (QED) is 0.743. The molecule has 2 aromatic carbocycles. The van der Waals surface area contributed by atoms with Gasteiger partial charge in [-0.05, 0) is 30.3 Å². The van der Waals surface area contributed by atoms with Gasteiger partial charge in [-0.25, -0.2) is 0 Å². The van der Waals surface area contributed by atoms with E-state index in [0.29, 0.717) is 32.7 Å². The maximum atomic E-state index is 12.1.